The van der Waals surface area contributed by atoms with E-state index in [1.165, 1.54) is 5.57 Å². The number of benzene rings is 3. The van der Waals surface area contributed by atoms with E-state index < -0.39 is 17.9 Å². The van der Waals surface area contributed by atoms with Crippen LogP contribution in [0.4, 0.5) is 10.1 Å². The smallest absolute Gasteiger partial charge is 0.155 e. The number of aromatic nitrogens is 3. The van der Waals surface area contributed by atoms with Crippen molar-refractivity contribution in [3.05, 3.63) is 96.2 Å². The number of nitrogens with one attached hydrogen (secondary N) is 1. The standard InChI is InChI=1S/C40H47FN4O3S/c1-3-5-20-47-21-22-48-36-12-8-30(9-13-36)31-11-15-40-34(23-31)24-32(7-6-18-44(40)19-16-41)38-25-33-10-14-37(26-39(33)43-38)49(46)28-35-27-42-29-45(35)17-4-2/h8-15,23-27,29,43H,3-7,16-22,28H2,1-2H3. The zero-order valence-corrected chi connectivity index (χ0v) is 29.4. The highest BCUT2D eigenvalue weighted by Gasteiger charge is 2.19. The Morgan fingerprint density at radius 2 is 1.80 bits per heavy atom. The molecule has 0 saturated carbocycles. The summed E-state index contributed by atoms with van der Waals surface area (Å²) in [6.07, 6.45) is 10.8. The Kier molecular flexibility index (Phi) is 12.1. The van der Waals surface area contributed by atoms with Crippen molar-refractivity contribution in [3.8, 4) is 16.9 Å². The van der Waals surface area contributed by atoms with Crippen LogP contribution in [0.2, 0.25) is 0 Å². The fourth-order valence-corrected chi connectivity index (χ4v) is 7.53. The maximum absolute atomic E-state index is 13.7. The molecule has 0 spiro atoms. The van der Waals surface area contributed by atoms with Crippen LogP contribution in [0.5, 0.6) is 5.75 Å². The van der Waals surface area contributed by atoms with Crippen molar-refractivity contribution in [1.82, 2.24) is 14.5 Å². The Hall–Kier alpha value is -4.05. The third kappa shape index (κ3) is 8.76. The molecule has 5 aromatic rings. The van der Waals surface area contributed by atoms with Gasteiger partial charge in [0.05, 0.1) is 30.3 Å². The van der Waals surface area contributed by atoms with Crippen molar-refractivity contribution < 1.29 is 18.4 Å². The normalized spacial score (nSPS) is 14.0. The van der Waals surface area contributed by atoms with E-state index in [2.05, 4.69) is 81.8 Å². The number of rotatable bonds is 16. The largest absolute Gasteiger partial charge is 0.611 e. The molecule has 0 amide bonds. The second-order valence-electron chi connectivity index (χ2n) is 12.6. The van der Waals surface area contributed by atoms with E-state index >= 15 is 0 Å². The molecule has 0 fully saturated rings. The average molecular weight is 683 g/mol. The summed E-state index contributed by atoms with van der Waals surface area (Å²) in [5.74, 6) is 1.25. The van der Waals surface area contributed by atoms with Crippen molar-refractivity contribution in [1.29, 1.82) is 0 Å². The van der Waals surface area contributed by atoms with Crippen LogP contribution in [0.1, 0.15) is 62.9 Å². The number of allylic oxidation sites excluding steroid dienone is 1. The molecule has 1 aliphatic heterocycles. The number of imidazole rings is 1. The van der Waals surface area contributed by atoms with E-state index in [0.29, 0.717) is 25.5 Å². The number of aryl methyl sites for hydroxylation is 1. The number of hydrogen-bond donors (Lipinski definition) is 1. The number of nitrogens with zero attached hydrogens (tertiary/aromatic N) is 3. The van der Waals surface area contributed by atoms with E-state index in [1.54, 1.807) is 0 Å². The van der Waals surface area contributed by atoms with Gasteiger partial charge >= 0.3 is 0 Å². The van der Waals surface area contributed by atoms with Gasteiger partial charge in [-0.25, -0.2) is 9.37 Å². The highest BCUT2D eigenvalue weighted by Crippen LogP contribution is 2.36. The number of fused-ring (bicyclic) bond motifs is 2. The fraction of sp³-hybridized carbons (Fsp3) is 0.375. The zero-order valence-electron chi connectivity index (χ0n) is 28.6. The van der Waals surface area contributed by atoms with Crippen LogP contribution in [0.15, 0.2) is 84.1 Å². The first-order valence-electron chi connectivity index (χ1n) is 17.5. The molecule has 0 aliphatic carbocycles. The lowest BCUT2D eigenvalue weighted by atomic mass is 9.95. The Balaban J connectivity index is 1.23. The fourth-order valence-electron chi connectivity index (χ4n) is 6.38. The molecule has 7 nitrogen and oxygen atoms in total. The number of anilines is 1. The summed E-state index contributed by atoms with van der Waals surface area (Å²) >= 11 is -1.19. The van der Waals surface area contributed by atoms with Crippen LogP contribution in [0, 0.1) is 0 Å². The summed E-state index contributed by atoms with van der Waals surface area (Å²) in [5.41, 5.74) is 8.49. The zero-order chi connectivity index (χ0) is 34.0. The van der Waals surface area contributed by atoms with Crippen LogP contribution in [-0.4, -0.2) is 58.7 Å². The van der Waals surface area contributed by atoms with Gasteiger partial charge in [-0.1, -0.05) is 38.5 Å². The lowest BCUT2D eigenvalue weighted by molar-refractivity contribution is 0.0981. The van der Waals surface area contributed by atoms with Crippen LogP contribution in [0.25, 0.3) is 33.7 Å². The molecule has 6 rings (SSSR count). The predicted molar refractivity (Wildman–Crippen MR) is 199 cm³/mol. The Labute approximate surface area is 292 Å². The van der Waals surface area contributed by atoms with Crippen LogP contribution in [0.3, 0.4) is 0 Å². The van der Waals surface area contributed by atoms with Crippen LogP contribution < -0.4 is 9.64 Å². The molecule has 258 valence electrons. The molecule has 49 heavy (non-hydrogen) atoms. The minimum Gasteiger partial charge on any atom is -0.611 e. The molecular formula is C40H47FN4O3S. The molecule has 2 aromatic heterocycles. The number of H-pyrrole nitrogens is 1. The number of hydrogen-bond acceptors (Lipinski definition) is 5. The molecule has 1 N–H and O–H groups in total. The van der Waals surface area contributed by atoms with Crippen LogP contribution in [-0.2, 0) is 28.2 Å². The maximum atomic E-state index is 13.7. The first-order chi connectivity index (χ1) is 24.1. The second-order valence-corrected chi connectivity index (χ2v) is 14.0. The summed E-state index contributed by atoms with van der Waals surface area (Å²) in [7, 11) is 0. The maximum Gasteiger partial charge on any atom is 0.155 e. The first kappa shape index (κ1) is 34.8. The molecule has 1 atom stereocenters. The highest BCUT2D eigenvalue weighted by molar-refractivity contribution is 7.90. The van der Waals surface area contributed by atoms with Crippen LogP contribution >= 0.6 is 0 Å². The predicted octanol–water partition coefficient (Wildman–Crippen LogP) is 9.06. The number of ether oxygens (including phenoxy) is 2. The number of halogens is 1. The van der Waals surface area contributed by atoms with Gasteiger partial charge < -0.3 is 28.5 Å². The van der Waals surface area contributed by atoms with Gasteiger partial charge in [0.2, 0.25) is 0 Å². The topological polar surface area (TPSA) is 78.4 Å². The van der Waals surface area contributed by atoms with Crippen molar-refractivity contribution >= 4 is 39.4 Å². The first-order valence-corrected chi connectivity index (χ1v) is 18.8. The number of aromatic amines is 1. The minimum absolute atomic E-state index is 0.370. The monoisotopic (exact) mass is 682 g/mol. The van der Waals surface area contributed by atoms with Crippen molar-refractivity contribution in [2.24, 2.45) is 0 Å². The summed E-state index contributed by atoms with van der Waals surface area (Å²) in [6, 6.07) is 22.8. The van der Waals surface area contributed by atoms with Gasteiger partial charge in [-0.05, 0) is 108 Å². The van der Waals surface area contributed by atoms with Crippen molar-refractivity contribution in [2.45, 2.75) is 63.1 Å². The Bertz CT molecular complexity index is 1830. The summed E-state index contributed by atoms with van der Waals surface area (Å²) in [5, 5.41) is 1.08. The van der Waals surface area contributed by atoms with Crippen molar-refractivity contribution in [2.75, 3.05) is 44.5 Å². The number of unbranched alkanes of at least 4 members (excludes halogenated alkanes) is 1. The van der Waals surface area contributed by atoms with Gasteiger partial charge in [-0.2, -0.15) is 0 Å². The molecule has 9 heteroatoms. The van der Waals surface area contributed by atoms with Gasteiger partial charge in [0, 0.05) is 49.1 Å². The molecule has 3 heterocycles. The molecule has 0 bridgehead atoms. The van der Waals surface area contributed by atoms with Crippen molar-refractivity contribution in [3.63, 3.8) is 0 Å². The van der Waals surface area contributed by atoms with Gasteiger partial charge in [0.1, 0.15) is 19.0 Å². The molecule has 1 aliphatic rings. The molecule has 1 unspecified atom stereocenters. The van der Waals surface area contributed by atoms with Gasteiger partial charge in [-0.15, -0.1) is 0 Å². The minimum atomic E-state index is -1.19. The van der Waals surface area contributed by atoms with E-state index in [-0.39, 0.29) is 0 Å². The van der Waals surface area contributed by atoms with Gasteiger partial charge in [-0.3, -0.25) is 0 Å². The van der Waals surface area contributed by atoms with Gasteiger partial charge in [0.25, 0.3) is 0 Å². The average Bonchev–Trinajstić information content (AvgIpc) is 3.74. The highest BCUT2D eigenvalue weighted by atomic mass is 32.2. The second kappa shape index (κ2) is 17.1. The number of alkyl halides is 1. The third-order valence-electron chi connectivity index (χ3n) is 9.00. The van der Waals surface area contributed by atoms with E-state index in [1.807, 2.05) is 36.8 Å². The lowest BCUT2D eigenvalue weighted by Crippen LogP contribution is -2.28. The summed E-state index contributed by atoms with van der Waals surface area (Å²) in [4.78, 5) is 10.9. The third-order valence-corrected chi connectivity index (χ3v) is 10.3. The summed E-state index contributed by atoms with van der Waals surface area (Å²) in [6.45, 7) is 7.78. The molecule has 0 radical (unpaired) electrons. The SMILES string of the molecule is CCCCOCCOc1ccc(-c2ccc3c(c2)C=C(c2cc4ccc([S+]([O-])Cc5cncn5CCC)cc4[nH]2)CCCN3CCF)cc1. The molecule has 3 aromatic carbocycles. The molecular weight excluding hydrogens is 636 g/mol. The lowest BCUT2D eigenvalue weighted by Gasteiger charge is -2.28. The van der Waals surface area contributed by atoms with E-state index in [4.69, 9.17) is 9.47 Å². The molecule has 0 saturated heterocycles. The van der Waals surface area contributed by atoms with Gasteiger partial charge in [0.15, 0.2) is 10.6 Å². The Morgan fingerprint density at radius 1 is 0.939 bits per heavy atom. The van der Waals surface area contributed by atoms with E-state index in [9.17, 15) is 8.94 Å². The summed E-state index contributed by atoms with van der Waals surface area (Å²) < 4.78 is 40.6. The Morgan fingerprint density at radius 3 is 2.61 bits per heavy atom. The van der Waals surface area contributed by atoms with E-state index in [0.717, 1.165) is 107 Å². The quantitative estimate of drug-likeness (QED) is 0.0830.